The highest BCUT2D eigenvalue weighted by molar-refractivity contribution is 7.13. The third kappa shape index (κ3) is 4.60. The van der Waals surface area contributed by atoms with Crippen LogP contribution in [-0.4, -0.2) is 11.2 Å². The third-order valence-electron chi connectivity index (χ3n) is 3.36. The first-order chi connectivity index (χ1) is 12.5. The fraction of sp³-hybridized carbons (Fsp3) is 0.111. The Morgan fingerprint density at radius 3 is 2.65 bits per heavy atom. The molecule has 0 aliphatic heterocycles. The van der Waals surface area contributed by atoms with Crippen LogP contribution in [0.3, 0.4) is 0 Å². The predicted molar refractivity (Wildman–Crippen MR) is 95.2 cm³/mol. The summed E-state index contributed by atoms with van der Waals surface area (Å²) in [4.78, 5) is 4.20. The zero-order valence-corrected chi connectivity index (χ0v) is 14.5. The van der Waals surface area contributed by atoms with E-state index < -0.39 is 17.5 Å². The topological polar surface area (TPSA) is 46.5 Å². The molecule has 1 heterocycles. The van der Waals surface area contributed by atoms with Gasteiger partial charge in [0, 0.05) is 28.6 Å². The SMILES string of the molecule is Cc1csc(NN=Cc2ccc(F)cc2OCc2ccc(F)cc2F)n1. The fourth-order valence-corrected chi connectivity index (χ4v) is 2.73. The molecule has 0 radical (unpaired) electrons. The molecule has 0 fully saturated rings. The Bertz CT molecular complexity index is 943. The van der Waals surface area contributed by atoms with Gasteiger partial charge in [-0.05, 0) is 31.2 Å². The molecule has 3 aromatic rings. The number of ether oxygens (including phenoxy) is 1. The van der Waals surface area contributed by atoms with Gasteiger partial charge in [-0.3, -0.25) is 5.43 Å². The van der Waals surface area contributed by atoms with E-state index in [9.17, 15) is 13.2 Å². The normalized spacial score (nSPS) is 11.1. The lowest BCUT2D eigenvalue weighted by atomic mass is 10.2. The van der Waals surface area contributed by atoms with Crippen molar-refractivity contribution in [2.75, 3.05) is 5.43 Å². The van der Waals surface area contributed by atoms with E-state index in [0.29, 0.717) is 10.7 Å². The summed E-state index contributed by atoms with van der Waals surface area (Å²) in [7, 11) is 0. The van der Waals surface area contributed by atoms with Gasteiger partial charge in [0.25, 0.3) is 0 Å². The second-order valence-corrected chi connectivity index (χ2v) is 6.23. The molecule has 0 aliphatic rings. The molecule has 134 valence electrons. The highest BCUT2D eigenvalue weighted by Gasteiger charge is 2.08. The van der Waals surface area contributed by atoms with Gasteiger partial charge in [0.2, 0.25) is 5.13 Å². The zero-order chi connectivity index (χ0) is 18.5. The van der Waals surface area contributed by atoms with Gasteiger partial charge in [0.1, 0.15) is 29.8 Å². The molecule has 3 rings (SSSR count). The predicted octanol–water partition coefficient (Wildman–Crippen LogP) is 4.89. The molecular formula is C18H14F3N3OS. The molecule has 1 aromatic heterocycles. The summed E-state index contributed by atoms with van der Waals surface area (Å²) < 4.78 is 45.7. The third-order valence-corrected chi connectivity index (χ3v) is 4.22. The maximum Gasteiger partial charge on any atom is 0.203 e. The molecule has 0 spiro atoms. The highest BCUT2D eigenvalue weighted by Crippen LogP contribution is 2.21. The molecule has 0 amide bonds. The van der Waals surface area contributed by atoms with Crippen molar-refractivity contribution in [2.24, 2.45) is 5.10 Å². The Balaban J connectivity index is 1.72. The van der Waals surface area contributed by atoms with Gasteiger partial charge in [-0.25, -0.2) is 18.2 Å². The van der Waals surface area contributed by atoms with Crippen LogP contribution in [0, 0.1) is 24.4 Å². The standard InChI is InChI=1S/C18H14F3N3OS/c1-11-10-26-18(23-11)24-22-8-12-2-4-15(20)7-17(12)25-9-13-3-5-14(19)6-16(13)21/h2-8,10H,9H2,1H3,(H,23,24). The van der Waals surface area contributed by atoms with Crippen LogP contribution in [0.4, 0.5) is 18.3 Å². The van der Waals surface area contributed by atoms with Gasteiger partial charge in [0.05, 0.1) is 11.9 Å². The summed E-state index contributed by atoms with van der Waals surface area (Å²) in [5.41, 5.74) is 4.30. The van der Waals surface area contributed by atoms with E-state index >= 15 is 0 Å². The lowest BCUT2D eigenvalue weighted by Gasteiger charge is -2.10. The van der Waals surface area contributed by atoms with Crippen LogP contribution in [-0.2, 0) is 6.61 Å². The molecule has 26 heavy (non-hydrogen) atoms. The quantitative estimate of drug-likeness (QED) is 0.491. The Kier molecular flexibility index (Phi) is 5.52. The Hall–Kier alpha value is -2.87. The Morgan fingerprint density at radius 1 is 1.15 bits per heavy atom. The monoisotopic (exact) mass is 377 g/mol. The average molecular weight is 377 g/mol. The first-order valence-electron chi connectivity index (χ1n) is 7.59. The first kappa shape index (κ1) is 17.9. The lowest BCUT2D eigenvalue weighted by Crippen LogP contribution is -2.02. The number of nitrogens with zero attached hydrogens (tertiary/aromatic N) is 2. The average Bonchev–Trinajstić information content (AvgIpc) is 3.01. The maximum atomic E-state index is 13.7. The van der Waals surface area contributed by atoms with Crippen LogP contribution in [0.2, 0.25) is 0 Å². The van der Waals surface area contributed by atoms with Crippen LogP contribution in [0.5, 0.6) is 5.75 Å². The van der Waals surface area contributed by atoms with Crippen LogP contribution >= 0.6 is 11.3 Å². The van der Waals surface area contributed by atoms with E-state index in [0.717, 1.165) is 17.8 Å². The summed E-state index contributed by atoms with van der Waals surface area (Å²) >= 11 is 1.40. The molecule has 0 atom stereocenters. The molecule has 1 N–H and O–H groups in total. The van der Waals surface area contributed by atoms with Gasteiger partial charge < -0.3 is 4.74 Å². The fourth-order valence-electron chi connectivity index (χ4n) is 2.10. The smallest absolute Gasteiger partial charge is 0.203 e. The Morgan fingerprint density at radius 2 is 1.92 bits per heavy atom. The van der Waals surface area contributed by atoms with Crippen LogP contribution in [0.1, 0.15) is 16.8 Å². The van der Waals surface area contributed by atoms with Gasteiger partial charge in [-0.15, -0.1) is 11.3 Å². The number of thiazole rings is 1. The first-order valence-corrected chi connectivity index (χ1v) is 8.47. The summed E-state index contributed by atoms with van der Waals surface area (Å²) in [6.07, 6.45) is 1.45. The minimum atomic E-state index is -0.725. The minimum absolute atomic E-state index is 0.162. The van der Waals surface area contributed by atoms with E-state index in [1.807, 2.05) is 12.3 Å². The summed E-state index contributed by atoms with van der Waals surface area (Å²) in [6.45, 7) is 1.70. The number of nitrogens with one attached hydrogen (secondary N) is 1. The number of aromatic nitrogens is 1. The van der Waals surface area contributed by atoms with Crippen molar-refractivity contribution in [3.63, 3.8) is 0 Å². The maximum absolute atomic E-state index is 13.7. The molecule has 0 aliphatic carbocycles. The Labute approximate surface area is 152 Å². The largest absolute Gasteiger partial charge is 0.488 e. The molecule has 4 nitrogen and oxygen atoms in total. The van der Waals surface area contributed by atoms with E-state index in [1.54, 1.807) is 0 Å². The number of halogens is 3. The number of hydrogen-bond donors (Lipinski definition) is 1. The number of hydrazone groups is 1. The van der Waals surface area contributed by atoms with Crippen LogP contribution in [0.15, 0.2) is 46.9 Å². The van der Waals surface area contributed by atoms with Crippen molar-refractivity contribution in [3.8, 4) is 5.75 Å². The van der Waals surface area contributed by atoms with Crippen molar-refractivity contribution in [3.05, 3.63) is 76.1 Å². The number of benzene rings is 2. The zero-order valence-electron chi connectivity index (χ0n) is 13.7. The molecular weight excluding hydrogens is 363 g/mol. The molecule has 0 bridgehead atoms. The van der Waals surface area contributed by atoms with Crippen molar-refractivity contribution >= 4 is 22.7 Å². The number of rotatable bonds is 6. The summed E-state index contributed by atoms with van der Waals surface area (Å²) in [5.74, 6) is -1.71. The van der Waals surface area contributed by atoms with E-state index in [2.05, 4.69) is 15.5 Å². The van der Waals surface area contributed by atoms with Gasteiger partial charge >= 0.3 is 0 Å². The minimum Gasteiger partial charge on any atom is -0.488 e. The molecule has 2 aromatic carbocycles. The molecule has 0 saturated carbocycles. The van der Waals surface area contributed by atoms with Gasteiger partial charge in [0.15, 0.2) is 0 Å². The number of aryl methyl sites for hydroxylation is 1. The van der Waals surface area contributed by atoms with E-state index in [1.165, 1.54) is 41.8 Å². The van der Waals surface area contributed by atoms with E-state index in [4.69, 9.17) is 4.74 Å². The lowest BCUT2D eigenvalue weighted by molar-refractivity contribution is 0.297. The second-order valence-electron chi connectivity index (χ2n) is 5.37. The number of hydrogen-bond acceptors (Lipinski definition) is 5. The van der Waals surface area contributed by atoms with Crippen LogP contribution < -0.4 is 10.2 Å². The van der Waals surface area contributed by atoms with Crippen molar-refractivity contribution in [2.45, 2.75) is 13.5 Å². The van der Waals surface area contributed by atoms with Crippen molar-refractivity contribution < 1.29 is 17.9 Å². The molecule has 0 saturated heterocycles. The van der Waals surface area contributed by atoms with Crippen molar-refractivity contribution in [1.29, 1.82) is 0 Å². The summed E-state index contributed by atoms with van der Waals surface area (Å²) in [6, 6.07) is 7.12. The molecule has 8 heteroatoms. The number of anilines is 1. The highest BCUT2D eigenvalue weighted by atomic mass is 32.1. The van der Waals surface area contributed by atoms with Crippen LogP contribution in [0.25, 0.3) is 0 Å². The van der Waals surface area contributed by atoms with Gasteiger partial charge in [-0.2, -0.15) is 5.10 Å². The van der Waals surface area contributed by atoms with Gasteiger partial charge in [-0.1, -0.05) is 0 Å². The molecule has 0 unspecified atom stereocenters. The van der Waals surface area contributed by atoms with E-state index in [-0.39, 0.29) is 17.9 Å². The summed E-state index contributed by atoms with van der Waals surface area (Å²) in [5, 5.41) is 6.54. The van der Waals surface area contributed by atoms with Crippen molar-refractivity contribution in [1.82, 2.24) is 4.98 Å². The second kappa shape index (κ2) is 8.01.